The molecule has 0 aliphatic heterocycles. The van der Waals surface area contributed by atoms with Crippen molar-refractivity contribution in [1.82, 2.24) is 0 Å². The first-order valence-electron chi connectivity index (χ1n) is 4.36. The third-order valence-corrected chi connectivity index (χ3v) is 1.95. The topological polar surface area (TPSA) is 59.7 Å². The maximum absolute atomic E-state index is 11.1. The normalized spacial score (nSPS) is 12.5. The molecule has 3 nitrogen and oxygen atoms in total. The lowest BCUT2D eigenvalue weighted by atomic mass is 10.1. The molecule has 0 bridgehead atoms. The molecule has 0 aliphatic rings. The van der Waals surface area contributed by atoms with Gasteiger partial charge >= 0.3 is 5.91 Å². The number of nitrogens with two attached hydrogens (primary N) is 2. The lowest BCUT2D eigenvalue weighted by Gasteiger charge is -2.05. The predicted molar refractivity (Wildman–Crippen MR) is 51.0 cm³/mol. The number of amides is 1. The molecule has 1 aromatic rings. The highest BCUT2D eigenvalue weighted by atomic mass is 16.2. The highest BCUT2D eigenvalue weighted by molar-refractivity contribution is 5.72. The number of carbonyl (C=O) groups is 1. The summed E-state index contributed by atoms with van der Waals surface area (Å²) in [6.45, 7) is 0. The standard InChI is InChI=1S/C10H14N2O/c1-12-10(13)9(11)7-8-5-3-2-4-6-8/h2-6,9H,7,11H2,1H3,(H,12,13)/p+1. The molecule has 1 unspecified atom stereocenters. The van der Waals surface area contributed by atoms with E-state index in [2.05, 4.69) is 0 Å². The minimum absolute atomic E-state index is 0.00357. The zero-order valence-corrected chi connectivity index (χ0v) is 7.73. The number of benzene rings is 1. The van der Waals surface area contributed by atoms with Crippen molar-refractivity contribution in [3.63, 3.8) is 0 Å². The Morgan fingerprint density at radius 2 is 2.08 bits per heavy atom. The summed E-state index contributed by atoms with van der Waals surface area (Å²) in [7, 11) is 1.72. The maximum atomic E-state index is 11.1. The molecule has 1 atom stereocenters. The first-order valence-corrected chi connectivity index (χ1v) is 4.36. The lowest BCUT2D eigenvalue weighted by Crippen LogP contribution is -2.87. The van der Waals surface area contributed by atoms with Crippen LogP contribution in [0.4, 0.5) is 0 Å². The number of hydrogen-bond acceptors (Lipinski definition) is 2. The third-order valence-electron chi connectivity index (χ3n) is 1.95. The predicted octanol–water partition coefficient (Wildman–Crippen LogP) is -0.724. The van der Waals surface area contributed by atoms with Crippen molar-refractivity contribution in [3.8, 4) is 0 Å². The number of hydrogen-bond donors (Lipinski definition) is 2. The van der Waals surface area contributed by atoms with Crippen molar-refractivity contribution in [1.29, 1.82) is 0 Å². The van der Waals surface area contributed by atoms with Crippen LogP contribution in [-0.4, -0.2) is 19.0 Å². The molecule has 0 saturated heterocycles. The Balaban J connectivity index is 2.55. The minimum Gasteiger partial charge on any atom is -0.316 e. The van der Waals surface area contributed by atoms with Gasteiger partial charge in [0.15, 0.2) is 0 Å². The number of rotatable bonds is 3. The van der Waals surface area contributed by atoms with Crippen LogP contribution in [0.2, 0.25) is 0 Å². The monoisotopic (exact) mass is 179 g/mol. The van der Waals surface area contributed by atoms with Gasteiger partial charge < -0.3 is 5.73 Å². The number of primary amides is 1. The van der Waals surface area contributed by atoms with Crippen molar-refractivity contribution in [2.75, 3.05) is 7.05 Å². The Morgan fingerprint density at radius 1 is 1.46 bits per heavy atom. The molecular weight excluding hydrogens is 164 g/mol. The molecule has 0 aromatic heterocycles. The molecule has 0 radical (unpaired) electrons. The summed E-state index contributed by atoms with van der Waals surface area (Å²) in [5.41, 5.74) is 6.78. The van der Waals surface area contributed by atoms with Gasteiger partial charge in [-0.25, -0.2) is 4.79 Å². The number of carbonyl (C=O) groups excluding carboxylic acids is 1. The zero-order chi connectivity index (χ0) is 9.68. The fourth-order valence-corrected chi connectivity index (χ4v) is 1.18. The third kappa shape index (κ3) is 2.97. The molecule has 13 heavy (non-hydrogen) atoms. The van der Waals surface area contributed by atoms with Crippen LogP contribution < -0.4 is 11.1 Å². The van der Waals surface area contributed by atoms with E-state index in [9.17, 15) is 4.79 Å². The van der Waals surface area contributed by atoms with E-state index in [0.29, 0.717) is 6.42 Å². The Bertz CT molecular complexity index is 272. The van der Waals surface area contributed by atoms with Crippen LogP contribution in [-0.2, 0) is 11.2 Å². The van der Waals surface area contributed by atoms with E-state index in [1.165, 1.54) is 5.32 Å². The van der Waals surface area contributed by atoms with Crippen LogP contribution in [0.25, 0.3) is 0 Å². The number of quaternary nitrogens is 1. The summed E-state index contributed by atoms with van der Waals surface area (Å²) < 4.78 is 0. The summed E-state index contributed by atoms with van der Waals surface area (Å²) >= 11 is 0. The molecular formula is C10H15N2O+. The van der Waals surface area contributed by atoms with Crippen molar-refractivity contribution in [3.05, 3.63) is 35.9 Å². The Hall–Kier alpha value is -1.19. The van der Waals surface area contributed by atoms with Gasteiger partial charge in [0.2, 0.25) is 0 Å². The van der Waals surface area contributed by atoms with Crippen LogP contribution >= 0.6 is 0 Å². The van der Waals surface area contributed by atoms with Gasteiger partial charge in [-0.05, 0) is 5.56 Å². The molecule has 0 saturated carbocycles. The first kappa shape index (κ1) is 9.89. The van der Waals surface area contributed by atoms with Gasteiger partial charge in [0.05, 0.1) is 7.05 Å². The molecule has 0 fully saturated rings. The van der Waals surface area contributed by atoms with Crippen molar-refractivity contribution in [2.24, 2.45) is 5.73 Å². The van der Waals surface area contributed by atoms with Gasteiger partial charge in [0.1, 0.15) is 6.04 Å². The van der Waals surface area contributed by atoms with Crippen LogP contribution in [0.1, 0.15) is 5.56 Å². The van der Waals surface area contributed by atoms with Crippen LogP contribution in [0, 0.1) is 0 Å². The fraction of sp³-hybridized carbons (Fsp3) is 0.300. The molecule has 1 amide bonds. The van der Waals surface area contributed by atoms with E-state index < -0.39 is 6.04 Å². The average molecular weight is 179 g/mol. The molecule has 3 heteroatoms. The van der Waals surface area contributed by atoms with Gasteiger partial charge in [-0.1, -0.05) is 30.3 Å². The summed E-state index contributed by atoms with van der Waals surface area (Å²) in [6, 6.07) is 9.39. The smallest absolute Gasteiger partial charge is 0.316 e. The Labute approximate surface area is 77.9 Å². The second-order valence-electron chi connectivity index (χ2n) is 2.99. The van der Waals surface area contributed by atoms with Gasteiger partial charge in [-0.15, -0.1) is 0 Å². The average Bonchev–Trinajstić information content (AvgIpc) is 2.18. The van der Waals surface area contributed by atoms with Crippen LogP contribution in [0.5, 0.6) is 0 Å². The second kappa shape index (κ2) is 4.74. The molecule has 70 valence electrons. The van der Waals surface area contributed by atoms with E-state index >= 15 is 0 Å². The minimum atomic E-state index is -0.396. The fourth-order valence-electron chi connectivity index (χ4n) is 1.18. The van der Waals surface area contributed by atoms with Crippen molar-refractivity contribution in [2.45, 2.75) is 12.5 Å². The van der Waals surface area contributed by atoms with E-state index in [1.54, 1.807) is 7.05 Å². The Kier molecular flexibility index (Phi) is 3.61. The largest absolute Gasteiger partial charge is 0.327 e. The van der Waals surface area contributed by atoms with E-state index in [-0.39, 0.29) is 5.91 Å². The van der Waals surface area contributed by atoms with Crippen LogP contribution in [0.3, 0.4) is 0 Å². The molecule has 1 aromatic carbocycles. The van der Waals surface area contributed by atoms with E-state index in [4.69, 9.17) is 5.73 Å². The van der Waals surface area contributed by atoms with Crippen molar-refractivity contribution < 1.29 is 10.1 Å². The molecule has 0 spiro atoms. The van der Waals surface area contributed by atoms with E-state index in [1.807, 2.05) is 30.3 Å². The van der Waals surface area contributed by atoms with Gasteiger partial charge in [0, 0.05) is 6.42 Å². The van der Waals surface area contributed by atoms with E-state index in [0.717, 1.165) is 5.56 Å². The molecule has 0 aliphatic carbocycles. The first-order chi connectivity index (χ1) is 6.24. The number of likely N-dealkylation sites (N-methyl/N-ethyl adjacent to an activating group) is 1. The SMILES string of the molecule is C[NH2+]C(=O)C(N)Cc1ccccc1. The van der Waals surface area contributed by atoms with Gasteiger partial charge in [-0.3, -0.25) is 5.32 Å². The van der Waals surface area contributed by atoms with Gasteiger partial charge in [-0.2, -0.15) is 0 Å². The van der Waals surface area contributed by atoms with Crippen LogP contribution in [0.15, 0.2) is 30.3 Å². The molecule has 0 heterocycles. The zero-order valence-electron chi connectivity index (χ0n) is 7.73. The lowest BCUT2D eigenvalue weighted by molar-refractivity contribution is -0.540. The highest BCUT2D eigenvalue weighted by Gasteiger charge is 2.15. The Morgan fingerprint density at radius 3 is 2.62 bits per heavy atom. The maximum Gasteiger partial charge on any atom is 0.327 e. The highest BCUT2D eigenvalue weighted by Crippen LogP contribution is 2.00. The summed E-state index contributed by atoms with van der Waals surface area (Å²) in [4.78, 5) is 11.1. The second-order valence-corrected chi connectivity index (χ2v) is 2.99. The molecule has 1 rings (SSSR count). The molecule has 4 N–H and O–H groups in total. The van der Waals surface area contributed by atoms with Crippen molar-refractivity contribution >= 4 is 5.91 Å². The van der Waals surface area contributed by atoms with Gasteiger partial charge in [0.25, 0.3) is 0 Å². The summed E-state index contributed by atoms with van der Waals surface area (Å²) in [5.74, 6) is 0.00357. The summed E-state index contributed by atoms with van der Waals surface area (Å²) in [6.07, 6.45) is 0.615. The quantitative estimate of drug-likeness (QED) is 0.643. The summed E-state index contributed by atoms with van der Waals surface area (Å²) in [5, 5.41) is 1.52.